The van der Waals surface area contributed by atoms with Crippen LogP contribution in [0.5, 0.6) is 0 Å². The first-order valence-corrected chi connectivity index (χ1v) is 7.13. The lowest BCUT2D eigenvalue weighted by Crippen LogP contribution is -2.19. The van der Waals surface area contributed by atoms with Crippen LogP contribution in [0.25, 0.3) is 0 Å². The minimum absolute atomic E-state index is 0.0233. The predicted molar refractivity (Wildman–Crippen MR) is 81.0 cm³/mol. The van der Waals surface area contributed by atoms with Crippen molar-refractivity contribution in [2.24, 2.45) is 0 Å². The van der Waals surface area contributed by atoms with Crippen LogP contribution >= 0.6 is 15.9 Å². The molecule has 0 radical (unpaired) electrons. The fourth-order valence-corrected chi connectivity index (χ4v) is 1.92. The number of carbonyl (C=O) groups is 2. The predicted octanol–water partition coefficient (Wildman–Crippen LogP) is 2.46. The molecule has 0 atom stereocenters. The van der Waals surface area contributed by atoms with Crippen molar-refractivity contribution in [3.63, 3.8) is 0 Å². The molecule has 0 spiro atoms. The first-order chi connectivity index (χ1) is 10.1. The Bertz CT molecular complexity index is 637. The second-order valence-electron chi connectivity index (χ2n) is 4.20. The van der Waals surface area contributed by atoms with Gasteiger partial charge in [0.25, 0.3) is 0 Å². The number of nitrogens with zero attached hydrogens (tertiary/aromatic N) is 2. The molecule has 21 heavy (non-hydrogen) atoms. The third-order valence-electron chi connectivity index (χ3n) is 2.58. The van der Waals surface area contributed by atoms with Crippen molar-refractivity contribution in [3.05, 3.63) is 46.7 Å². The summed E-state index contributed by atoms with van der Waals surface area (Å²) < 4.78 is 7.18. The minimum atomic E-state index is -0.447. The van der Waals surface area contributed by atoms with E-state index < -0.39 is 5.97 Å². The lowest BCUT2D eigenvalue weighted by Gasteiger charge is -2.05. The van der Waals surface area contributed by atoms with Crippen LogP contribution in [-0.4, -0.2) is 28.3 Å². The van der Waals surface area contributed by atoms with Crippen LogP contribution in [-0.2, 0) is 16.1 Å². The molecule has 110 valence electrons. The van der Waals surface area contributed by atoms with Crippen molar-refractivity contribution in [1.29, 1.82) is 0 Å². The van der Waals surface area contributed by atoms with Gasteiger partial charge in [0, 0.05) is 16.4 Å². The number of benzene rings is 1. The third-order valence-corrected chi connectivity index (χ3v) is 3.11. The first-order valence-electron chi connectivity index (χ1n) is 6.33. The second kappa shape index (κ2) is 7.03. The molecule has 1 aromatic carbocycles. The van der Waals surface area contributed by atoms with Crippen molar-refractivity contribution in [2.75, 3.05) is 11.9 Å². The van der Waals surface area contributed by atoms with Gasteiger partial charge in [0.15, 0.2) is 0 Å². The zero-order chi connectivity index (χ0) is 15.2. The topological polar surface area (TPSA) is 73.2 Å². The Morgan fingerprint density at radius 2 is 2.05 bits per heavy atom. The average Bonchev–Trinajstić information content (AvgIpc) is 2.90. The summed E-state index contributed by atoms with van der Waals surface area (Å²) in [7, 11) is 0. The van der Waals surface area contributed by atoms with E-state index >= 15 is 0 Å². The van der Waals surface area contributed by atoms with E-state index in [0.29, 0.717) is 17.9 Å². The number of rotatable bonds is 5. The molecule has 0 bridgehead atoms. The van der Waals surface area contributed by atoms with Gasteiger partial charge in [-0.2, -0.15) is 5.10 Å². The minimum Gasteiger partial charge on any atom is -0.462 e. The maximum Gasteiger partial charge on any atom is 0.341 e. The molecule has 0 aliphatic carbocycles. The van der Waals surface area contributed by atoms with Crippen molar-refractivity contribution in [2.45, 2.75) is 13.5 Å². The van der Waals surface area contributed by atoms with Gasteiger partial charge in [-0.3, -0.25) is 9.48 Å². The van der Waals surface area contributed by atoms with Gasteiger partial charge in [-0.05, 0) is 31.2 Å². The van der Waals surface area contributed by atoms with Crippen molar-refractivity contribution in [1.82, 2.24) is 9.78 Å². The van der Waals surface area contributed by atoms with Crippen LogP contribution in [0.2, 0.25) is 0 Å². The highest BCUT2D eigenvalue weighted by Gasteiger charge is 2.11. The molecule has 1 N–H and O–H groups in total. The van der Waals surface area contributed by atoms with Crippen molar-refractivity contribution < 1.29 is 14.3 Å². The van der Waals surface area contributed by atoms with E-state index in [4.69, 9.17) is 4.74 Å². The van der Waals surface area contributed by atoms with E-state index in [1.165, 1.54) is 17.1 Å². The van der Waals surface area contributed by atoms with E-state index in [2.05, 4.69) is 26.3 Å². The first kappa shape index (κ1) is 15.2. The molecular weight excluding hydrogens is 338 g/mol. The van der Waals surface area contributed by atoms with Crippen molar-refractivity contribution >= 4 is 33.5 Å². The summed E-state index contributed by atoms with van der Waals surface area (Å²) in [6.45, 7) is 2.05. The van der Waals surface area contributed by atoms with Gasteiger partial charge in [0.1, 0.15) is 6.54 Å². The van der Waals surface area contributed by atoms with Crippen LogP contribution in [0.3, 0.4) is 0 Å². The second-order valence-corrected chi connectivity index (χ2v) is 5.12. The molecule has 1 amide bonds. The zero-order valence-electron chi connectivity index (χ0n) is 11.4. The lowest BCUT2D eigenvalue weighted by molar-refractivity contribution is -0.116. The monoisotopic (exact) mass is 351 g/mol. The van der Waals surface area contributed by atoms with Crippen LogP contribution in [0.15, 0.2) is 41.1 Å². The van der Waals surface area contributed by atoms with E-state index in [1.807, 2.05) is 12.1 Å². The molecule has 0 aliphatic heterocycles. The summed E-state index contributed by atoms with van der Waals surface area (Å²) >= 11 is 3.32. The zero-order valence-corrected chi connectivity index (χ0v) is 13.0. The fraction of sp³-hybridized carbons (Fsp3) is 0.214. The van der Waals surface area contributed by atoms with Crippen LogP contribution in [0, 0.1) is 0 Å². The van der Waals surface area contributed by atoms with Crippen LogP contribution < -0.4 is 5.32 Å². The molecular formula is C14H14BrN3O3. The number of anilines is 1. The number of nitrogens with one attached hydrogen (secondary N) is 1. The van der Waals surface area contributed by atoms with E-state index in [9.17, 15) is 9.59 Å². The largest absolute Gasteiger partial charge is 0.462 e. The van der Waals surface area contributed by atoms with Gasteiger partial charge in [0.2, 0.25) is 5.91 Å². The number of ether oxygens (including phenoxy) is 1. The number of amides is 1. The quantitative estimate of drug-likeness (QED) is 0.839. The summed E-state index contributed by atoms with van der Waals surface area (Å²) in [5.41, 5.74) is 1.02. The molecule has 1 aromatic heterocycles. The molecule has 1 heterocycles. The van der Waals surface area contributed by atoms with Crippen LogP contribution in [0.1, 0.15) is 17.3 Å². The Morgan fingerprint density at radius 1 is 1.33 bits per heavy atom. The van der Waals surface area contributed by atoms with Gasteiger partial charge in [-0.25, -0.2) is 4.79 Å². The summed E-state index contributed by atoms with van der Waals surface area (Å²) in [5.74, 6) is -0.673. The normalized spacial score (nSPS) is 10.2. The van der Waals surface area contributed by atoms with E-state index in [0.717, 1.165) is 4.47 Å². The summed E-state index contributed by atoms with van der Waals surface area (Å²) in [6, 6.07) is 7.25. The number of aromatic nitrogens is 2. The number of halogens is 1. The van der Waals surface area contributed by atoms with Gasteiger partial charge in [-0.15, -0.1) is 0 Å². The molecule has 0 saturated carbocycles. The number of hydrogen-bond acceptors (Lipinski definition) is 4. The smallest absolute Gasteiger partial charge is 0.341 e. The molecule has 2 rings (SSSR count). The van der Waals surface area contributed by atoms with E-state index in [-0.39, 0.29) is 12.5 Å². The highest BCUT2D eigenvalue weighted by molar-refractivity contribution is 9.10. The number of esters is 1. The van der Waals surface area contributed by atoms with Crippen molar-refractivity contribution in [3.8, 4) is 0 Å². The third kappa shape index (κ3) is 4.42. The Labute approximate surface area is 130 Å². The van der Waals surface area contributed by atoms with Gasteiger partial charge in [0.05, 0.1) is 18.4 Å². The SMILES string of the molecule is CCOC(=O)c1cnn(CC(=O)Nc2ccc(Br)cc2)c1. The molecule has 7 heteroatoms. The van der Waals surface area contributed by atoms with Gasteiger partial charge in [-0.1, -0.05) is 15.9 Å². The van der Waals surface area contributed by atoms with Crippen LogP contribution in [0.4, 0.5) is 5.69 Å². The van der Waals surface area contributed by atoms with Gasteiger partial charge >= 0.3 is 5.97 Å². The summed E-state index contributed by atoms with van der Waals surface area (Å²) in [6.07, 6.45) is 2.87. The molecule has 0 aliphatic rings. The highest BCUT2D eigenvalue weighted by Crippen LogP contribution is 2.14. The van der Waals surface area contributed by atoms with Gasteiger partial charge < -0.3 is 10.1 Å². The standard InChI is InChI=1S/C14H14BrN3O3/c1-2-21-14(20)10-7-16-18(8-10)9-13(19)17-12-5-3-11(15)4-6-12/h3-8H,2,9H2,1H3,(H,17,19). The number of carbonyl (C=O) groups excluding carboxylic acids is 2. The maximum atomic E-state index is 11.9. The Kier molecular flexibility index (Phi) is 5.10. The lowest BCUT2D eigenvalue weighted by atomic mass is 10.3. The summed E-state index contributed by atoms with van der Waals surface area (Å²) in [4.78, 5) is 23.4. The Hall–Kier alpha value is -2.15. The molecule has 6 nitrogen and oxygen atoms in total. The summed E-state index contributed by atoms with van der Waals surface area (Å²) in [5, 5.41) is 6.71. The number of hydrogen-bond donors (Lipinski definition) is 1. The van der Waals surface area contributed by atoms with E-state index in [1.54, 1.807) is 19.1 Å². The Morgan fingerprint density at radius 3 is 2.71 bits per heavy atom. The fourth-order valence-electron chi connectivity index (χ4n) is 1.65. The average molecular weight is 352 g/mol. The maximum absolute atomic E-state index is 11.9. The molecule has 0 saturated heterocycles. The molecule has 0 unspecified atom stereocenters. The molecule has 0 fully saturated rings. The Balaban J connectivity index is 1.93. The molecule has 2 aromatic rings. The highest BCUT2D eigenvalue weighted by atomic mass is 79.9.